The molecule has 0 radical (unpaired) electrons. The second-order valence-electron chi connectivity index (χ2n) is 11.6. The quantitative estimate of drug-likeness (QED) is 0.527. The molecule has 1 aromatic carbocycles. The van der Waals surface area contributed by atoms with E-state index in [0.29, 0.717) is 17.3 Å². The molecule has 1 atom stereocenters. The van der Waals surface area contributed by atoms with Crippen LogP contribution in [0.3, 0.4) is 0 Å². The van der Waals surface area contributed by atoms with E-state index in [1.807, 2.05) is 6.92 Å². The smallest absolute Gasteiger partial charge is 0.415 e. The van der Waals surface area contributed by atoms with Crippen LogP contribution in [-0.2, 0) is 30.9 Å². The number of rotatable bonds is 6. The highest BCUT2D eigenvalue weighted by molar-refractivity contribution is 7.92. The molecule has 39 heavy (non-hydrogen) atoms. The summed E-state index contributed by atoms with van der Waals surface area (Å²) in [6, 6.07) is 0.248. The number of halogens is 1. The van der Waals surface area contributed by atoms with Gasteiger partial charge in [-0.05, 0) is 48.0 Å². The van der Waals surface area contributed by atoms with E-state index in [0.717, 1.165) is 12.5 Å². The van der Waals surface area contributed by atoms with Crippen molar-refractivity contribution in [1.29, 1.82) is 0 Å². The number of aromatic hydroxyl groups is 1. The molecule has 218 valence electrons. The molecule has 2 N–H and O–H groups in total. The van der Waals surface area contributed by atoms with Gasteiger partial charge in [0.1, 0.15) is 29.2 Å². The zero-order valence-corrected chi connectivity index (χ0v) is 24.1. The summed E-state index contributed by atoms with van der Waals surface area (Å²) in [6.07, 6.45) is -0.119. The van der Waals surface area contributed by atoms with Gasteiger partial charge in [0.15, 0.2) is 5.82 Å². The first kappa shape index (κ1) is 30.3. The minimum atomic E-state index is -4.42. The molecule has 1 saturated heterocycles. The van der Waals surface area contributed by atoms with Crippen LogP contribution in [0.4, 0.5) is 25.4 Å². The minimum absolute atomic E-state index is 0.0245. The zero-order valence-electron chi connectivity index (χ0n) is 23.3. The number of phenols is 1. The van der Waals surface area contributed by atoms with E-state index in [1.54, 1.807) is 46.3 Å². The molecule has 12 nitrogen and oxygen atoms in total. The fourth-order valence-corrected chi connectivity index (χ4v) is 5.52. The van der Waals surface area contributed by atoms with Crippen molar-refractivity contribution < 1.29 is 41.8 Å². The van der Waals surface area contributed by atoms with E-state index in [1.165, 1.54) is 9.80 Å². The molecule has 2 aliphatic rings. The Labute approximate surface area is 228 Å². The lowest BCUT2D eigenvalue weighted by Crippen LogP contribution is -2.49. The molecule has 3 rings (SSSR count). The molecule has 0 unspecified atom stereocenters. The molecule has 2 heterocycles. The highest BCUT2D eigenvalue weighted by Crippen LogP contribution is 2.45. The number of unbranched alkanes of at least 4 members (excludes halogenated alkanes) is 1. The van der Waals surface area contributed by atoms with Gasteiger partial charge in [-0.2, -0.15) is 8.42 Å². The molecule has 0 bridgehead atoms. The standard InChI is InChI=1S/C25H37FN4O8S/c1-8-9-10-28(22(33)37-24(2,3)4)13-15-11-16-17(30(15)23(34)38-25(5,6)7)12-18(31)21(20(16)26)29-14-19(32)27-39(29,35)36/h12,15,31H,8-11,13-14H2,1-7H3,(H,27,32)/t15-/m1/s1. The number of carbonyl (C=O) groups is 3. The maximum absolute atomic E-state index is 15.9. The van der Waals surface area contributed by atoms with Gasteiger partial charge in [-0.1, -0.05) is 13.3 Å². The van der Waals surface area contributed by atoms with Gasteiger partial charge in [-0.25, -0.2) is 23.0 Å². The van der Waals surface area contributed by atoms with Gasteiger partial charge in [0.25, 0.3) is 5.91 Å². The van der Waals surface area contributed by atoms with Crippen molar-refractivity contribution in [2.45, 2.75) is 85.0 Å². The van der Waals surface area contributed by atoms with Crippen molar-refractivity contribution in [3.8, 4) is 5.75 Å². The number of hydrogen-bond acceptors (Lipinski definition) is 8. The number of hydrogen-bond donors (Lipinski definition) is 2. The van der Waals surface area contributed by atoms with Crippen LogP contribution in [0.25, 0.3) is 0 Å². The van der Waals surface area contributed by atoms with Crippen LogP contribution in [-0.4, -0.2) is 73.4 Å². The molecule has 14 heteroatoms. The van der Waals surface area contributed by atoms with Gasteiger partial charge in [0, 0.05) is 31.1 Å². The third kappa shape index (κ3) is 6.84. The Kier molecular flexibility index (Phi) is 8.30. The first-order valence-corrected chi connectivity index (χ1v) is 14.2. The Morgan fingerprint density at radius 3 is 2.31 bits per heavy atom. The average Bonchev–Trinajstić information content (AvgIpc) is 3.24. The summed E-state index contributed by atoms with van der Waals surface area (Å²) in [5, 5.41) is 10.7. The third-order valence-electron chi connectivity index (χ3n) is 5.89. The summed E-state index contributed by atoms with van der Waals surface area (Å²) in [4.78, 5) is 40.7. The van der Waals surface area contributed by atoms with Gasteiger partial charge in [0.2, 0.25) is 0 Å². The Hall–Kier alpha value is -3.29. The molecule has 1 aromatic rings. The maximum atomic E-state index is 15.9. The number of carbonyl (C=O) groups excluding carboxylic acids is 3. The number of phenolic OH excluding ortho intramolecular Hbond substituents is 1. The van der Waals surface area contributed by atoms with Crippen molar-refractivity contribution in [3.63, 3.8) is 0 Å². The topological polar surface area (TPSA) is 146 Å². The van der Waals surface area contributed by atoms with Gasteiger partial charge in [-0.3, -0.25) is 9.69 Å². The largest absolute Gasteiger partial charge is 0.506 e. The number of anilines is 2. The van der Waals surface area contributed by atoms with Gasteiger partial charge in [0.05, 0.1) is 11.7 Å². The number of benzene rings is 1. The van der Waals surface area contributed by atoms with E-state index < -0.39 is 69.3 Å². The van der Waals surface area contributed by atoms with E-state index >= 15 is 4.39 Å². The molecule has 1 fully saturated rings. The van der Waals surface area contributed by atoms with Crippen LogP contribution < -0.4 is 13.9 Å². The van der Waals surface area contributed by atoms with E-state index in [2.05, 4.69) is 0 Å². The second kappa shape index (κ2) is 10.7. The lowest BCUT2D eigenvalue weighted by Gasteiger charge is -2.33. The second-order valence-corrected chi connectivity index (χ2v) is 13.2. The molecule has 3 amide bonds. The number of nitrogens with one attached hydrogen (secondary N) is 1. The first-order chi connectivity index (χ1) is 17.8. The predicted molar refractivity (Wildman–Crippen MR) is 141 cm³/mol. The fourth-order valence-electron chi connectivity index (χ4n) is 4.36. The van der Waals surface area contributed by atoms with E-state index in [9.17, 15) is 27.9 Å². The Balaban J connectivity index is 2.07. The minimum Gasteiger partial charge on any atom is -0.506 e. The average molecular weight is 573 g/mol. The molecular formula is C25H37FN4O8S. The molecular weight excluding hydrogens is 535 g/mol. The van der Waals surface area contributed by atoms with Crippen molar-refractivity contribution in [2.24, 2.45) is 0 Å². The van der Waals surface area contributed by atoms with Crippen molar-refractivity contribution in [3.05, 3.63) is 17.4 Å². The van der Waals surface area contributed by atoms with Crippen LogP contribution in [0, 0.1) is 5.82 Å². The van der Waals surface area contributed by atoms with Crippen molar-refractivity contribution in [2.75, 3.05) is 28.8 Å². The predicted octanol–water partition coefficient (Wildman–Crippen LogP) is 3.42. The van der Waals surface area contributed by atoms with Crippen molar-refractivity contribution >= 4 is 39.7 Å². The summed E-state index contributed by atoms with van der Waals surface area (Å²) in [7, 11) is -4.42. The molecule has 0 saturated carbocycles. The lowest BCUT2D eigenvalue weighted by atomic mass is 10.1. The van der Waals surface area contributed by atoms with Crippen LogP contribution >= 0.6 is 0 Å². The van der Waals surface area contributed by atoms with Gasteiger partial charge in [-0.15, -0.1) is 0 Å². The lowest BCUT2D eigenvalue weighted by molar-refractivity contribution is -0.117. The Morgan fingerprint density at radius 1 is 1.18 bits per heavy atom. The molecule has 0 aromatic heterocycles. The molecule has 2 aliphatic heterocycles. The number of nitrogens with zero attached hydrogens (tertiary/aromatic N) is 3. The Bertz CT molecular complexity index is 1260. The summed E-state index contributed by atoms with van der Waals surface area (Å²) in [6.45, 7) is 11.7. The summed E-state index contributed by atoms with van der Waals surface area (Å²) in [5.74, 6) is -2.76. The highest BCUT2D eigenvalue weighted by Gasteiger charge is 2.44. The van der Waals surface area contributed by atoms with Crippen LogP contribution in [0.1, 0.15) is 66.9 Å². The summed E-state index contributed by atoms with van der Waals surface area (Å²) >= 11 is 0. The fraction of sp³-hybridized carbons (Fsp3) is 0.640. The number of ether oxygens (including phenoxy) is 2. The van der Waals surface area contributed by atoms with Crippen LogP contribution in [0.15, 0.2) is 6.07 Å². The normalized spacial score (nSPS) is 18.6. The maximum Gasteiger partial charge on any atom is 0.415 e. The number of amides is 3. The van der Waals surface area contributed by atoms with Crippen molar-refractivity contribution in [1.82, 2.24) is 9.62 Å². The van der Waals surface area contributed by atoms with Crippen LogP contribution in [0.5, 0.6) is 5.75 Å². The molecule has 0 spiro atoms. The van der Waals surface area contributed by atoms with Gasteiger partial charge >= 0.3 is 22.4 Å². The SMILES string of the molecule is CCCCN(C[C@H]1Cc2c(cc(O)c(N3CC(=O)NS3(=O)=O)c2F)N1C(=O)OC(C)(C)C)C(=O)OC(C)(C)C. The first-order valence-electron chi connectivity index (χ1n) is 12.7. The monoisotopic (exact) mass is 572 g/mol. The summed E-state index contributed by atoms with van der Waals surface area (Å²) < 4.78 is 54.0. The summed E-state index contributed by atoms with van der Waals surface area (Å²) in [5.41, 5.74) is -2.47. The highest BCUT2D eigenvalue weighted by atomic mass is 32.2. The van der Waals surface area contributed by atoms with Crippen LogP contribution in [0.2, 0.25) is 0 Å². The van der Waals surface area contributed by atoms with E-state index in [4.69, 9.17) is 9.47 Å². The van der Waals surface area contributed by atoms with Gasteiger partial charge < -0.3 is 19.5 Å². The Morgan fingerprint density at radius 2 is 1.79 bits per heavy atom. The van der Waals surface area contributed by atoms with E-state index in [-0.39, 0.29) is 24.2 Å². The number of fused-ring (bicyclic) bond motifs is 1. The molecule has 0 aliphatic carbocycles. The zero-order chi connectivity index (χ0) is 29.5. The third-order valence-corrected chi connectivity index (χ3v) is 7.26.